The molecule has 2 heterocycles. The van der Waals surface area contributed by atoms with Gasteiger partial charge < -0.3 is 15.5 Å². The predicted octanol–water partition coefficient (Wildman–Crippen LogP) is 2.73. The average molecular weight is 457 g/mol. The molecule has 1 aliphatic rings. The number of hydrogen-bond acceptors (Lipinski definition) is 7. The van der Waals surface area contributed by atoms with Crippen LogP contribution in [-0.4, -0.2) is 34.6 Å². The van der Waals surface area contributed by atoms with Crippen LogP contribution in [0.2, 0.25) is 0 Å². The van der Waals surface area contributed by atoms with Gasteiger partial charge in [0.15, 0.2) is 0 Å². The quantitative estimate of drug-likeness (QED) is 0.246. The van der Waals surface area contributed by atoms with Crippen molar-refractivity contribution in [2.24, 2.45) is 5.84 Å². The van der Waals surface area contributed by atoms with Crippen molar-refractivity contribution in [3.63, 3.8) is 0 Å². The van der Waals surface area contributed by atoms with Crippen LogP contribution in [0.3, 0.4) is 0 Å². The molecular formula is C19H23F4N7O2. The lowest BCUT2D eigenvalue weighted by Gasteiger charge is -2.22. The van der Waals surface area contributed by atoms with Gasteiger partial charge in [0.25, 0.3) is 0 Å². The van der Waals surface area contributed by atoms with Gasteiger partial charge in [0.05, 0.1) is 0 Å². The lowest BCUT2D eigenvalue weighted by molar-refractivity contribution is -0.142. The van der Waals surface area contributed by atoms with E-state index >= 15 is 0 Å². The second kappa shape index (κ2) is 10.1. The van der Waals surface area contributed by atoms with Crippen molar-refractivity contribution in [2.45, 2.75) is 32.1 Å². The molecule has 2 amide bonds. The molecule has 2 aromatic rings. The summed E-state index contributed by atoms with van der Waals surface area (Å²) in [5.74, 6) is 4.53. The van der Waals surface area contributed by atoms with Crippen molar-refractivity contribution in [3.8, 4) is 0 Å². The molecule has 0 bridgehead atoms. The van der Waals surface area contributed by atoms with Crippen molar-refractivity contribution < 1.29 is 27.6 Å². The smallest absolute Gasteiger partial charge is 0.356 e. The van der Waals surface area contributed by atoms with Gasteiger partial charge in [-0.15, -0.1) is 0 Å². The summed E-state index contributed by atoms with van der Waals surface area (Å²) in [6, 6.07) is 5.45. The first-order valence-corrected chi connectivity index (χ1v) is 9.76. The second-order valence-corrected chi connectivity index (χ2v) is 7.16. The van der Waals surface area contributed by atoms with E-state index in [1.54, 1.807) is 4.90 Å². The number of nitrogens with two attached hydrogens (primary N) is 1. The Morgan fingerprint density at radius 2 is 1.84 bits per heavy atom. The van der Waals surface area contributed by atoms with Crippen LogP contribution in [0, 0.1) is 5.82 Å². The molecule has 9 nitrogen and oxygen atoms in total. The van der Waals surface area contributed by atoms with E-state index in [1.165, 1.54) is 18.2 Å². The van der Waals surface area contributed by atoms with Gasteiger partial charge in [-0.05, 0) is 31.0 Å². The zero-order valence-corrected chi connectivity index (χ0v) is 16.9. The molecule has 1 aromatic carbocycles. The van der Waals surface area contributed by atoms with E-state index in [2.05, 4.69) is 21.0 Å². The average Bonchev–Trinajstić information content (AvgIpc) is 3.25. The summed E-state index contributed by atoms with van der Waals surface area (Å²) in [4.78, 5) is 17.8. The van der Waals surface area contributed by atoms with E-state index in [0.717, 1.165) is 25.0 Å². The number of carbonyl (C=O) groups is 1. The van der Waals surface area contributed by atoms with Gasteiger partial charge in [-0.1, -0.05) is 17.4 Å². The molecule has 1 aliphatic heterocycles. The third-order valence-corrected chi connectivity index (χ3v) is 4.83. The van der Waals surface area contributed by atoms with Gasteiger partial charge in [-0.2, -0.15) is 13.2 Å². The molecule has 0 atom stereocenters. The SMILES string of the molecule is NN(O)NCc1ccc(NC(=O)NCc2ccc(C(F)(F)F)nc2N2CCCC2)cc1F. The first kappa shape index (κ1) is 23.7. The van der Waals surface area contributed by atoms with Crippen LogP contribution >= 0.6 is 0 Å². The summed E-state index contributed by atoms with van der Waals surface area (Å²) in [5, 5.41) is 14.0. The Balaban J connectivity index is 1.65. The Morgan fingerprint density at radius 1 is 1.16 bits per heavy atom. The molecule has 6 N–H and O–H groups in total. The number of hydrogen-bond donors (Lipinski definition) is 5. The third-order valence-electron chi connectivity index (χ3n) is 4.83. The highest BCUT2D eigenvalue weighted by molar-refractivity contribution is 5.89. The summed E-state index contributed by atoms with van der Waals surface area (Å²) in [6.07, 6.45) is -2.86. The van der Waals surface area contributed by atoms with Crippen LogP contribution in [0.5, 0.6) is 0 Å². The number of rotatable bonds is 7. The van der Waals surface area contributed by atoms with Crippen LogP contribution in [0.15, 0.2) is 30.3 Å². The minimum absolute atomic E-state index is 0.0594. The number of nitrogens with one attached hydrogen (secondary N) is 3. The van der Waals surface area contributed by atoms with Crippen molar-refractivity contribution in [1.82, 2.24) is 21.0 Å². The second-order valence-electron chi connectivity index (χ2n) is 7.16. The molecule has 1 saturated heterocycles. The largest absolute Gasteiger partial charge is 0.433 e. The maximum atomic E-state index is 14.1. The van der Waals surface area contributed by atoms with Crippen molar-refractivity contribution in [3.05, 3.63) is 53.0 Å². The number of pyridine rings is 1. The number of halogens is 4. The fourth-order valence-corrected chi connectivity index (χ4v) is 3.26. The topological polar surface area (TPSA) is 119 Å². The fourth-order valence-electron chi connectivity index (χ4n) is 3.26. The Hall–Kier alpha value is -3.00. The molecule has 1 fully saturated rings. The van der Waals surface area contributed by atoms with Crippen molar-refractivity contribution in [1.29, 1.82) is 0 Å². The van der Waals surface area contributed by atoms with Crippen molar-refractivity contribution >= 4 is 17.5 Å². The summed E-state index contributed by atoms with van der Waals surface area (Å²) in [7, 11) is 0. The van der Waals surface area contributed by atoms with Gasteiger partial charge in [0.1, 0.15) is 17.3 Å². The molecule has 32 heavy (non-hydrogen) atoms. The molecule has 0 saturated carbocycles. The zero-order valence-electron chi connectivity index (χ0n) is 16.9. The lowest BCUT2D eigenvalue weighted by atomic mass is 10.2. The minimum Gasteiger partial charge on any atom is -0.356 e. The number of nitrogens with zero attached hydrogens (tertiary/aromatic N) is 3. The molecule has 1 aromatic heterocycles. The fraction of sp³-hybridized carbons (Fsp3) is 0.368. The summed E-state index contributed by atoms with van der Waals surface area (Å²) in [6.45, 7) is 1.04. The van der Waals surface area contributed by atoms with Crippen LogP contribution < -0.4 is 26.8 Å². The minimum atomic E-state index is -4.57. The van der Waals surface area contributed by atoms with E-state index in [9.17, 15) is 22.4 Å². The highest BCUT2D eigenvalue weighted by atomic mass is 19.4. The number of anilines is 2. The summed E-state index contributed by atoms with van der Waals surface area (Å²) in [5.41, 5.74) is 2.11. The Labute approximate surface area is 181 Å². The monoisotopic (exact) mass is 457 g/mol. The first-order chi connectivity index (χ1) is 15.1. The number of carbonyl (C=O) groups excluding carboxylic acids is 1. The Morgan fingerprint density at radius 3 is 2.47 bits per heavy atom. The maximum absolute atomic E-state index is 14.1. The highest BCUT2D eigenvalue weighted by Crippen LogP contribution is 2.31. The number of amides is 2. The number of urea groups is 1. The predicted molar refractivity (Wildman–Crippen MR) is 108 cm³/mol. The van der Waals surface area contributed by atoms with Crippen LogP contribution in [0.4, 0.5) is 33.9 Å². The number of hydrazine groups is 2. The van der Waals surface area contributed by atoms with E-state index < -0.39 is 23.7 Å². The van der Waals surface area contributed by atoms with Gasteiger partial charge >= 0.3 is 12.2 Å². The molecule has 3 rings (SSSR count). The Kier molecular flexibility index (Phi) is 7.45. The molecule has 13 heteroatoms. The number of aromatic nitrogens is 1. The molecule has 0 aliphatic carbocycles. The van der Waals surface area contributed by atoms with Gasteiger partial charge in [-0.3, -0.25) is 5.21 Å². The third kappa shape index (κ3) is 6.26. The highest BCUT2D eigenvalue weighted by Gasteiger charge is 2.34. The van der Waals surface area contributed by atoms with E-state index in [-0.39, 0.29) is 35.4 Å². The molecule has 0 unspecified atom stereocenters. The number of alkyl halides is 3. The molecule has 174 valence electrons. The van der Waals surface area contributed by atoms with Crippen LogP contribution in [-0.2, 0) is 19.3 Å². The van der Waals surface area contributed by atoms with E-state index in [4.69, 9.17) is 11.0 Å². The van der Waals surface area contributed by atoms with Crippen molar-refractivity contribution in [2.75, 3.05) is 23.3 Å². The first-order valence-electron chi connectivity index (χ1n) is 9.76. The summed E-state index contributed by atoms with van der Waals surface area (Å²) < 4.78 is 53.3. The summed E-state index contributed by atoms with van der Waals surface area (Å²) >= 11 is 0. The van der Waals surface area contributed by atoms with Gasteiger partial charge in [0.2, 0.25) is 0 Å². The normalized spacial score (nSPS) is 14.2. The standard InChI is InChI=1S/C19H23F4N7O2/c20-15-9-14(5-3-12(15)11-26-30(24)32)27-18(31)25-10-13-4-6-16(19(21,22)23)28-17(13)29-7-1-2-8-29/h3-6,9,26,32H,1-2,7-8,10-11,24H2,(H2,25,27,31). The van der Waals surface area contributed by atoms with Crippen LogP contribution in [0.25, 0.3) is 0 Å². The maximum Gasteiger partial charge on any atom is 0.433 e. The molecule has 0 radical (unpaired) electrons. The zero-order chi connectivity index (χ0) is 23.3. The molecule has 0 spiro atoms. The lowest BCUT2D eigenvalue weighted by Crippen LogP contribution is -2.40. The van der Waals surface area contributed by atoms with E-state index in [1.807, 2.05) is 0 Å². The molecular weight excluding hydrogens is 434 g/mol. The Bertz CT molecular complexity index is 950. The van der Waals surface area contributed by atoms with Gasteiger partial charge in [-0.25, -0.2) is 25.4 Å². The van der Waals surface area contributed by atoms with E-state index in [0.29, 0.717) is 18.7 Å². The van der Waals surface area contributed by atoms with Gasteiger partial charge in [0, 0.05) is 43.0 Å². The number of benzene rings is 1. The van der Waals surface area contributed by atoms with Crippen LogP contribution in [0.1, 0.15) is 29.7 Å².